The molecule has 2 aromatic rings. The predicted molar refractivity (Wildman–Crippen MR) is 96.2 cm³/mol. The number of aryl methyl sites for hydroxylation is 1. The molecule has 1 heterocycles. The van der Waals surface area contributed by atoms with Gasteiger partial charge in [0, 0.05) is 29.1 Å². The Bertz CT molecular complexity index is 816. The topological polar surface area (TPSA) is 46.6 Å². The van der Waals surface area contributed by atoms with Crippen molar-refractivity contribution >= 4 is 33.5 Å². The van der Waals surface area contributed by atoms with Gasteiger partial charge in [-0.15, -0.1) is 0 Å². The molecule has 1 aliphatic heterocycles. The Kier molecular flexibility index (Phi) is 4.71. The van der Waals surface area contributed by atoms with Crippen LogP contribution in [0, 0.1) is 6.92 Å². The summed E-state index contributed by atoms with van der Waals surface area (Å²) in [6, 6.07) is 11.6. The van der Waals surface area contributed by atoms with Crippen LogP contribution in [0.3, 0.4) is 0 Å². The number of esters is 1. The van der Waals surface area contributed by atoms with Crippen LogP contribution in [0.1, 0.15) is 34.0 Å². The molecule has 4 nitrogen and oxygen atoms in total. The van der Waals surface area contributed by atoms with Crippen LogP contribution >= 0.6 is 15.9 Å². The Balaban J connectivity index is 1.98. The number of benzene rings is 2. The Morgan fingerprint density at radius 2 is 2.08 bits per heavy atom. The SMILES string of the molecule is CC(=O)OCc1c(Br)cccc1N1CCc2cc(C)ccc2C1=O. The highest BCUT2D eigenvalue weighted by Gasteiger charge is 2.27. The van der Waals surface area contributed by atoms with Crippen molar-refractivity contribution in [2.45, 2.75) is 26.9 Å². The summed E-state index contributed by atoms with van der Waals surface area (Å²) >= 11 is 3.50. The standard InChI is InChI=1S/C19H18BrNO3/c1-12-6-7-15-14(10-12)8-9-21(19(15)23)18-5-3-4-17(20)16(18)11-24-13(2)22/h3-7,10H,8-9,11H2,1-2H3. The summed E-state index contributed by atoms with van der Waals surface area (Å²) in [6.07, 6.45) is 0.808. The first kappa shape index (κ1) is 16.7. The monoisotopic (exact) mass is 387 g/mol. The van der Waals surface area contributed by atoms with Crippen LogP contribution in [0.5, 0.6) is 0 Å². The second-order valence-corrected chi connectivity index (χ2v) is 6.74. The van der Waals surface area contributed by atoms with Gasteiger partial charge in [0.15, 0.2) is 0 Å². The van der Waals surface area contributed by atoms with Gasteiger partial charge in [-0.25, -0.2) is 0 Å². The van der Waals surface area contributed by atoms with Crippen molar-refractivity contribution in [1.82, 2.24) is 0 Å². The molecule has 1 amide bonds. The fraction of sp³-hybridized carbons (Fsp3) is 0.263. The Hall–Kier alpha value is -2.14. The maximum atomic E-state index is 12.9. The second-order valence-electron chi connectivity index (χ2n) is 5.89. The van der Waals surface area contributed by atoms with E-state index < -0.39 is 0 Å². The van der Waals surface area contributed by atoms with Crippen LogP contribution in [0.4, 0.5) is 5.69 Å². The molecule has 0 radical (unpaired) electrons. The highest BCUT2D eigenvalue weighted by atomic mass is 79.9. The molecule has 0 fully saturated rings. The Morgan fingerprint density at radius 3 is 2.83 bits per heavy atom. The highest BCUT2D eigenvalue weighted by Crippen LogP contribution is 2.32. The van der Waals surface area contributed by atoms with E-state index in [-0.39, 0.29) is 18.5 Å². The summed E-state index contributed by atoms with van der Waals surface area (Å²) in [5.74, 6) is -0.360. The number of amides is 1. The lowest BCUT2D eigenvalue weighted by Gasteiger charge is -2.30. The third kappa shape index (κ3) is 3.22. The van der Waals surface area contributed by atoms with Crippen LogP contribution in [-0.2, 0) is 22.6 Å². The van der Waals surface area contributed by atoms with Crippen molar-refractivity contribution in [3.8, 4) is 0 Å². The number of hydrogen-bond donors (Lipinski definition) is 0. The van der Waals surface area contributed by atoms with Gasteiger partial charge in [0.25, 0.3) is 5.91 Å². The Morgan fingerprint density at radius 1 is 1.29 bits per heavy atom. The lowest BCUT2D eigenvalue weighted by molar-refractivity contribution is -0.142. The molecule has 124 valence electrons. The number of rotatable bonds is 3. The van der Waals surface area contributed by atoms with Crippen LogP contribution in [0.15, 0.2) is 40.9 Å². The molecule has 0 unspecified atom stereocenters. The first-order valence-corrected chi connectivity index (χ1v) is 8.59. The maximum Gasteiger partial charge on any atom is 0.302 e. The van der Waals surface area contributed by atoms with Gasteiger partial charge < -0.3 is 9.64 Å². The molecule has 0 saturated carbocycles. The van der Waals surface area contributed by atoms with Crippen LogP contribution < -0.4 is 4.90 Å². The van der Waals surface area contributed by atoms with E-state index in [0.29, 0.717) is 6.54 Å². The van der Waals surface area contributed by atoms with E-state index in [9.17, 15) is 9.59 Å². The molecule has 0 spiro atoms. The van der Waals surface area contributed by atoms with Gasteiger partial charge in [0.1, 0.15) is 6.61 Å². The van der Waals surface area contributed by atoms with Crippen LogP contribution in [0.2, 0.25) is 0 Å². The van der Waals surface area contributed by atoms with Gasteiger partial charge >= 0.3 is 5.97 Å². The zero-order valence-electron chi connectivity index (χ0n) is 13.6. The zero-order chi connectivity index (χ0) is 17.3. The number of fused-ring (bicyclic) bond motifs is 1. The first-order chi connectivity index (χ1) is 11.5. The number of anilines is 1. The zero-order valence-corrected chi connectivity index (χ0v) is 15.2. The van der Waals surface area contributed by atoms with E-state index in [1.54, 1.807) is 4.90 Å². The molecule has 24 heavy (non-hydrogen) atoms. The van der Waals surface area contributed by atoms with E-state index in [1.807, 2.05) is 37.3 Å². The molecular formula is C19H18BrNO3. The number of hydrogen-bond acceptors (Lipinski definition) is 3. The summed E-state index contributed by atoms with van der Waals surface area (Å²) in [4.78, 5) is 25.9. The lowest BCUT2D eigenvalue weighted by atomic mass is 9.96. The van der Waals surface area contributed by atoms with Crippen molar-refractivity contribution in [1.29, 1.82) is 0 Å². The molecular weight excluding hydrogens is 370 g/mol. The van der Waals surface area contributed by atoms with E-state index in [1.165, 1.54) is 6.92 Å². The lowest BCUT2D eigenvalue weighted by Crippen LogP contribution is -2.38. The molecule has 0 aromatic heterocycles. The molecule has 0 aliphatic carbocycles. The van der Waals surface area contributed by atoms with Gasteiger partial charge in [-0.2, -0.15) is 0 Å². The van der Waals surface area contributed by atoms with E-state index in [2.05, 4.69) is 22.0 Å². The van der Waals surface area contributed by atoms with Crippen molar-refractivity contribution in [3.05, 3.63) is 63.1 Å². The van der Waals surface area contributed by atoms with E-state index in [4.69, 9.17) is 4.74 Å². The van der Waals surface area contributed by atoms with Crippen molar-refractivity contribution in [3.63, 3.8) is 0 Å². The normalized spacial score (nSPS) is 13.6. The molecule has 0 saturated heterocycles. The number of carbonyl (C=O) groups excluding carboxylic acids is 2. The Labute approximate surface area is 149 Å². The van der Waals surface area contributed by atoms with Crippen LogP contribution in [0.25, 0.3) is 0 Å². The number of nitrogens with zero attached hydrogens (tertiary/aromatic N) is 1. The molecule has 2 aromatic carbocycles. The van der Waals surface area contributed by atoms with Gasteiger partial charge in [0.05, 0.1) is 5.69 Å². The number of carbonyl (C=O) groups is 2. The minimum Gasteiger partial charge on any atom is -0.461 e. The molecule has 0 atom stereocenters. The first-order valence-electron chi connectivity index (χ1n) is 7.79. The summed E-state index contributed by atoms with van der Waals surface area (Å²) in [5.41, 5.74) is 4.57. The van der Waals surface area contributed by atoms with E-state index in [0.717, 1.165) is 38.8 Å². The summed E-state index contributed by atoms with van der Waals surface area (Å²) in [7, 11) is 0. The minimum absolute atomic E-state index is 0.0153. The van der Waals surface area contributed by atoms with Crippen molar-refractivity contribution < 1.29 is 14.3 Å². The summed E-state index contributed by atoms with van der Waals surface area (Å²) in [5, 5.41) is 0. The fourth-order valence-corrected chi connectivity index (χ4v) is 3.43. The number of halogens is 1. The largest absolute Gasteiger partial charge is 0.461 e. The van der Waals surface area contributed by atoms with Crippen molar-refractivity contribution in [2.24, 2.45) is 0 Å². The molecule has 3 rings (SSSR count). The fourth-order valence-electron chi connectivity index (χ4n) is 2.96. The van der Waals surface area contributed by atoms with E-state index >= 15 is 0 Å². The van der Waals surface area contributed by atoms with Crippen LogP contribution in [-0.4, -0.2) is 18.4 Å². The molecule has 0 N–H and O–H groups in total. The third-order valence-corrected chi connectivity index (χ3v) is 4.89. The summed E-state index contributed by atoms with van der Waals surface area (Å²) in [6.45, 7) is 4.15. The smallest absolute Gasteiger partial charge is 0.302 e. The average Bonchev–Trinajstić information content (AvgIpc) is 2.53. The highest BCUT2D eigenvalue weighted by molar-refractivity contribution is 9.10. The molecule has 0 bridgehead atoms. The quantitative estimate of drug-likeness (QED) is 0.747. The van der Waals surface area contributed by atoms with Gasteiger partial charge in [0.2, 0.25) is 0 Å². The van der Waals surface area contributed by atoms with Crippen molar-refractivity contribution in [2.75, 3.05) is 11.4 Å². The number of ether oxygens (including phenoxy) is 1. The predicted octanol–water partition coefficient (Wildman–Crippen LogP) is 4.02. The molecule has 5 heteroatoms. The maximum absolute atomic E-state index is 12.9. The molecule has 1 aliphatic rings. The third-order valence-electron chi connectivity index (χ3n) is 4.15. The summed E-state index contributed by atoms with van der Waals surface area (Å²) < 4.78 is 5.98. The second kappa shape index (κ2) is 6.77. The minimum atomic E-state index is -0.345. The average molecular weight is 388 g/mol. The van der Waals surface area contributed by atoms with Gasteiger partial charge in [-0.1, -0.05) is 39.7 Å². The van der Waals surface area contributed by atoms with Gasteiger partial charge in [-0.05, 0) is 37.1 Å². The van der Waals surface area contributed by atoms with Gasteiger partial charge in [-0.3, -0.25) is 9.59 Å².